The summed E-state index contributed by atoms with van der Waals surface area (Å²) in [5.74, 6) is 0. The molecule has 1 saturated heterocycles. The van der Waals surface area contributed by atoms with Crippen molar-refractivity contribution in [3.05, 3.63) is 40.4 Å². The van der Waals surface area contributed by atoms with Gasteiger partial charge in [0, 0.05) is 12.1 Å². The first kappa shape index (κ1) is 23.2. The summed E-state index contributed by atoms with van der Waals surface area (Å²) in [5.41, 5.74) is 1.59. The average molecular weight is 401 g/mol. The summed E-state index contributed by atoms with van der Waals surface area (Å²) >= 11 is 0. The predicted molar refractivity (Wildman–Crippen MR) is 115 cm³/mol. The molecule has 1 fully saturated rings. The highest BCUT2D eigenvalue weighted by Crippen LogP contribution is 2.38. The Morgan fingerprint density at radius 2 is 1.76 bits per heavy atom. The number of nitrogens with one attached hydrogen (secondary N) is 1. The molecule has 1 aromatic carbocycles. The Hall–Kier alpha value is -2.12. The molecule has 0 atom stereocenters. The molecule has 0 radical (unpaired) electrons. The van der Waals surface area contributed by atoms with E-state index in [4.69, 9.17) is 14.0 Å². The third-order valence-electron chi connectivity index (χ3n) is 5.16. The minimum absolute atomic E-state index is 0.209. The number of amides is 1. The maximum atomic E-state index is 12.1. The minimum Gasteiger partial charge on any atom is -0.444 e. The van der Waals surface area contributed by atoms with Crippen molar-refractivity contribution in [2.24, 2.45) is 0 Å². The molecule has 0 aromatic heterocycles. The third-order valence-corrected chi connectivity index (χ3v) is 5.16. The molecule has 6 nitrogen and oxygen atoms in total. The summed E-state index contributed by atoms with van der Waals surface area (Å²) in [6.45, 7) is 15.5. The van der Waals surface area contributed by atoms with Crippen molar-refractivity contribution < 1.29 is 23.6 Å². The van der Waals surface area contributed by atoms with Gasteiger partial charge in [-0.1, -0.05) is 24.3 Å². The molecule has 1 aromatic rings. The van der Waals surface area contributed by atoms with Crippen molar-refractivity contribution in [2.45, 2.75) is 72.2 Å². The summed E-state index contributed by atoms with van der Waals surface area (Å²) in [6, 6.07) is 5.55. The first-order valence-electron chi connectivity index (χ1n) is 9.83. The van der Waals surface area contributed by atoms with Crippen LogP contribution in [0.2, 0.25) is 0 Å². The van der Waals surface area contributed by atoms with Gasteiger partial charge in [0.1, 0.15) is 11.9 Å². The number of hydrogen-bond acceptors (Lipinski definition) is 5. The molecule has 0 unspecified atom stereocenters. The Balaban J connectivity index is 2.29. The van der Waals surface area contributed by atoms with Crippen molar-refractivity contribution >= 4 is 25.6 Å². The van der Waals surface area contributed by atoms with Gasteiger partial charge in [0.15, 0.2) is 0 Å². The summed E-state index contributed by atoms with van der Waals surface area (Å²) in [7, 11) is -0.610. The molecule has 1 amide bonds. The SMILES string of the molecule is Cc1cc(C=C(CNC(=O)OC(C)(C)C)B2OC(C)(C)C(C)(C)O2)ccc1C=O. The number of alkyl carbamates (subject to hydrolysis) is 1. The Bertz CT molecular complexity index is 792. The third kappa shape index (κ3) is 5.93. The number of hydrogen-bond donors (Lipinski definition) is 1. The van der Waals surface area contributed by atoms with Crippen molar-refractivity contribution in [3.8, 4) is 0 Å². The van der Waals surface area contributed by atoms with E-state index in [1.54, 1.807) is 6.07 Å². The van der Waals surface area contributed by atoms with Crippen LogP contribution in [0.15, 0.2) is 23.7 Å². The Kier molecular flexibility index (Phi) is 6.65. The summed E-state index contributed by atoms with van der Waals surface area (Å²) in [4.78, 5) is 23.2. The van der Waals surface area contributed by atoms with Crippen molar-refractivity contribution in [1.82, 2.24) is 5.32 Å². The van der Waals surface area contributed by atoms with Crippen molar-refractivity contribution in [3.63, 3.8) is 0 Å². The molecule has 2 rings (SSSR count). The zero-order valence-electron chi connectivity index (χ0n) is 18.7. The second-order valence-corrected chi connectivity index (χ2v) is 9.40. The van der Waals surface area contributed by atoms with Gasteiger partial charge in [-0.05, 0) is 72.0 Å². The lowest BCUT2D eigenvalue weighted by molar-refractivity contribution is 0.00578. The van der Waals surface area contributed by atoms with Gasteiger partial charge < -0.3 is 19.4 Å². The normalized spacial score (nSPS) is 18.5. The van der Waals surface area contributed by atoms with Gasteiger partial charge in [-0.15, -0.1) is 0 Å². The van der Waals surface area contributed by atoms with E-state index in [9.17, 15) is 9.59 Å². The van der Waals surface area contributed by atoms with E-state index >= 15 is 0 Å². The van der Waals surface area contributed by atoms with Gasteiger partial charge in [-0.25, -0.2) is 4.79 Å². The highest BCUT2D eigenvalue weighted by atomic mass is 16.7. The predicted octanol–water partition coefficient (Wildman–Crippen LogP) is 4.35. The molecular weight excluding hydrogens is 369 g/mol. The minimum atomic E-state index is -0.610. The van der Waals surface area contributed by atoms with E-state index in [-0.39, 0.29) is 6.54 Å². The summed E-state index contributed by atoms with van der Waals surface area (Å²) in [5, 5.41) is 2.78. The molecule has 29 heavy (non-hydrogen) atoms. The first-order valence-corrected chi connectivity index (χ1v) is 9.83. The molecular formula is C22H32BNO5. The zero-order chi connectivity index (χ0) is 22.0. The van der Waals surface area contributed by atoms with E-state index in [0.717, 1.165) is 22.9 Å². The lowest BCUT2D eigenvalue weighted by Crippen LogP contribution is -2.41. The highest BCUT2D eigenvalue weighted by Gasteiger charge is 2.52. The lowest BCUT2D eigenvalue weighted by Gasteiger charge is -2.32. The largest absolute Gasteiger partial charge is 0.492 e. The number of carbonyl (C=O) groups excluding carboxylic acids is 2. The number of aryl methyl sites for hydroxylation is 1. The zero-order valence-corrected chi connectivity index (χ0v) is 18.7. The van der Waals surface area contributed by atoms with Crippen LogP contribution >= 0.6 is 0 Å². The van der Waals surface area contributed by atoms with Gasteiger partial charge in [0.25, 0.3) is 0 Å². The van der Waals surface area contributed by atoms with Crippen LogP contribution in [0.4, 0.5) is 4.79 Å². The van der Waals surface area contributed by atoms with Gasteiger partial charge in [0.2, 0.25) is 0 Å². The topological polar surface area (TPSA) is 73.9 Å². The lowest BCUT2D eigenvalue weighted by atomic mass is 9.77. The smallest absolute Gasteiger partial charge is 0.444 e. The molecule has 0 saturated carbocycles. The average Bonchev–Trinajstić information content (AvgIpc) is 2.77. The Morgan fingerprint density at radius 3 is 2.24 bits per heavy atom. The second kappa shape index (κ2) is 8.32. The molecule has 1 aliphatic rings. The van der Waals surface area contributed by atoms with Crippen LogP contribution in [0.5, 0.6) is 0 Å². The van der Waals surface area contributed by atoms with E-state index in [1.807, 2.05) is 73.6 Å². The van der Waals surface area contributed by atoms with E-state index < -0.39 is 30.0 Å². The van der Waals surface area contributed by atoms with Gasteiger partial charge in [-0.3, -0.25) is 4.79 Å². The summed E-state index contributed by atoms with van der Waals surface area (Å²) in [6.07, 6.45) is 2.25. The number of benzene rings is 1. The maximum Gasteiger partial charge on any atom is 0.492 e. The molecule has 0 spiro atoms. The number of ether oxygens (including phenoxy) is 1. The molecule has 0 bridgehead atoms. The number of aldehydes is 1. The summed E-state index contributed by atoms with van der Waals surface area (Å²) < 4.78 is 17.7. The fourth-order valence-electron chi connectivity index (χ4n) is 2.82. The van der Waals surface area contributed by atoms with Gasteiger partial charge in [0.05, 0.1) is 11.2 Å². The Labute approximate surface area is 174 Å². The van der Waals surface area contributed by atoms with Gasteiger partial charge >= 0.3 is 13.2 Å². The van der Waals surface area contributed by atoms with Crippen LogP contribution in [-0.4, -0.2) is 42.8 Å². The van der Waals surface area contributed by atoms with Crippen LogP contribution in [-0.2, 0) is 14.0 Å². The van der Waals surface area contributed by atoms with Gasteiger partial charge in [-0.2, -0.15) is 0 Å². The van der Waals surface area contributed by atoms with Crippen molar-refractivity contribution in [2.75, 3.05) is 6.54 Å². The molecule has 158 valence electrons. The fraction of sp³-hybridized carbons (Fsp3) is 0.545. The van der Waals surface area contributed by atoms with E-state index in [2.05, 4.69) is 5.32 Å². The molecule has 1 aliphatic heterocycles. The standard InChI is InChI=1S/C22H32BNO5/c1-15-11-16(9-10-17(15)14-25)12-18(13-24-19(26)27-20(2,3)4)23-28-21(5,6)22(7,8)29-23/h9-12,14H,13H2,1-8H3,(H,24,26). The number of rotatable bonds is 5. The first-order chi connectivity index (χ1) is 13.2. The molecule has 0 aliphatic carbocycles. The van der Waals surface area contributed by atoms with Crippen LogP contribution in [0.25, 0.3) is 6.08 Å². The second-order valence-electron chi connectivity index (χ2n) is 9.40. The van der Waals surface area contributed by atoms with Crippen LogP contribution in [0.3, 0.4) is 0 Å². The van der Waals surface area contributed by atoms with Crippen molar-refractivity contribution in [1.29, 1.82) is 0 Å². The van der Waals surface area contributed by atoms with Crippen LogP contribution < -0.4 is 5.32 Å². The van der Waals surface area contributed by atoms with E-state index in [0.29, 0.717) is 5.56 Å². The molecule has 7 heteroatoms. The molecule has 1 N–H and O–H groups in total. The Morgan fingerprint density at radius 1 is 1.17 bits per heavy atom. The van der Waals surface area contributed by atoms with Crippen LogP contribution in [0.1, 0.15) is 70.0 Å². The number of carbonyl (C=O) groups is 2. The quantitative estimate of drug-likeness (QED) is 0.587. The van der Waals surface area contributed by atoms with E-state index in [1.165, 1.54) is 0 Å². The van der Waals surface area contributed by atoms with Crippen LogP contribution in [0, 0.1) is 6.92 Å². The molecule has 1 heterocycles. The maximum absolute atomic E-state index is 12.1. The monoisotopic (exact) mass is 401 g/mol. The fourth-order valence-corrected chi connectivity index (χ4v) is 2.82. The highest BCUT2D eigenvalue weighted by molar-refractivity contribution is 6.56.